The minimum absolute atomic E-state index is 0.129. The topological polar surface area (TPSA) is 61.8 Å². The van der Waals surface area contributed by atoms with Gasteiger partial charge in [0, 0.05) is 14.1 Å². The zero-order valence-corrected chi connectivity index (χ0v) is 13.3. The molecule has 0 aliphatic heterocycles. The summed E-state index contributed by atoms with van der Waals surface area (Å²) < 4.78 is 5.01. The van der Waals surface area contributed by atoms with Crippen LogP contribution in [0.25, 0.3) is 0 Å². The summed E-state index contributed by atoms with van der Waals surface area (Å²) in [6.07, 6.45) is 0. The third-order valence-corrected chi connectivity index (χ3v) is 3.45. The van der Waals surface area contributed by atoms with Crippen molar-refractivity contribution in [2.45, 2.75) is 0 Å². The number of rotatable bonds is 4. The van der Waals surface area contributed by atoms with E-state index in [1.54, 1.807) is 30.3 Å². The molecule has 0 saturated carbocycles. The molecule has 0 aliphatic carbocycles. The van der Waals surface area contributed by atoms with Crippen molar-refractivity contribution in [2.24, 2.45) is 0 Å². The molecule has 0 radical (unpaired) electrons. The molecule has 0 saturated heterocycles. The van der Waals surface area contributed by atoms with Crippen LogP contribution in [0.1, 0.15) is 10.4 Å². The first-order valence-electron chi connectivity index (χ1n) is 6.59. The van der Waals surface area contributed by atoms with Gasteiger partial charge in [0.1, 0.15) is 0 Å². The normalized spacial score (nSPS) is 10.2. The fraction of sp³-hybridized carbons (Fsp3) is 0.188. The predicted molar refractivity (Wildman–Crippen MR) is 88.4 cm³/mol. The Kier molecular flexibility index (Phi) is 4.78. The van der Waals surface area contributed by atoms with Gasteiger partial charge in [-0.3, -0.25) is 4.79 Å². The lowest BCUT2D eigenvalue weighted by Gasteiger charge is -2.19. The van der Waals surface area contributed by atoms with Gasteiger partial charge < -0.3 is 20.1 Å². The summed E-state index contributed by atoms with van der Waals surface area (Å²) in [5, 5.41) is 13.3. The fourth-order valence-electron chi connectivity index (χ4n) is 2.13. The van der Waals surface area contributed by atoms with Crippen molar-refractivity contribution >= 4 is 28.9 Å². The monoisotopic (exact) mass is 320 g/mol. The molecule has 0 atom stereocenters. The van der Waals surface area contributed by atoms with Crippen LogP contribution in [0.3, 0.4) is 0 Å². The number of hydrogen-bond donors (Lipinski definition) is 2. The average Bonchev–Trinajstić information content (AvgIpc) is 2.47. The van der Waals surface area contributed by atoms with E-state index in [4.69, 9.17) is 16.3 Å². The molecule has 2 rings (SSSR count). The van der Waals surface area contributed by atoms with Crippen molar-refractivity contribution in [3.8, 4) is 11.5 Å². The summed E-state index contributed by atoms with van der Waals surface area (Å²) >= 11 is 6.17. The number of nitrogens with zero attached hydrogens (tertiary/aromatic N) is 1. The number of halogens is 1. The largest absolute Gasteiger partial charge is 0.504 e. The molecule has 0 unspecified atom stereocenters. The minimum atomic E-state index is -0.443. The molecule has 6 heteroatoms. The number of para-hydroxylation sites is 2. The Morgan fingerprint density at radius 3 is 2.55 bits per heavy atom. The summed E-state index contributed by atoms with van der Waals surface area (Å²) in [5.74, 6) is -0.399. The molecular weight excluding hydrogens is 304 g/mol. The summed E-state index contributed by atoms with van der Waals surface area (Å²) in [6, 6.07) is 9.98. The van der Waals surface area contributed by atoms with Gasteiger partial charge in [0.15, 0.2) is 11.5 Å². The first-order chi connectivity index (χ1) is 10.5. The third kappa shape index (κ3) is 3.09. The Morgan fingerprint density at radius 2 is 1.91 bits per heavy atom. The molecule has 2 N–H and O–H groups in total. The number of carbonyl (C=O) groups is 1. The van der Waals surface area contributed by atoms with Gasteiger partial charge in [-0.2, -0.15) is 0 Å². The van der Waals surface area contributed by atoms with Crippen molar-refractivity contribution in [1.82, 2.24) is 0 Å². The number of phenolic OH excluding ortho intramolecular Hbond substituents is 1. The van der Waals surface area contributed by atoms with Gasteiger partial charge in [0.05, 0.1) is 29.1 Å². The Morgan fingerprint density at radius 1 is 1.23 bits per heavy atom. The summed E-state index contributed by atoms with van der Waals surface area (Å²) in [5.41, 5.74) is 1.38. The van der Waals surface area contributed by atoms with Crippen LogP contribution in [-0.2, 0) is 0 Å². The van der Waals surface area contributed by atoms with E-state index in [0.29, 0.717) is 16.4 Å². The van der Waals surface area contributed by atoms with E-state index in [-0.39, 0.29) is 17.1 Å². The summed E-state index contributed by atoms with van der Waals surface area (Å²) in [6.45, 7) is 0. The molecule has 5 nitrogen and oxygen atoms in total. The molecular formula is C16H17ClN2O3. The van der Waals surface area contributed by atoms with Crippen molar-refractivity contribution in [3.05, 3.63) is 47.0 Å². The number of benzene rings is 2. The maximum absolute atomic E-state index is 12.4. The number of carbonyl (C=O) groups excluding carboxylic acids is 1. The molecule has 0 aromatic heterocycles. The summed E-state index contributed by atoms with van der Waals surface area (Å²) in [4.78, 5) is 14.2. The van der Waals surface area contributed by atoms with Crippen LogP contribution in [0.4, 0.5) is 11.4 Å². The molecule has 0 bridgehead atoms. The average molecular weight is 321 g/mol. The number of hydrogen-bond acceptors (Lipinski definition) is 4. The quantitative estimate of drug-likeness (QED) is 0.906. The highest BCUT2D eigenvalue weighted by atomic mass is 35.5. The molecule has 0 fully saturated rings. The molecule has 0 aliphatic rings. The van der Waals surface area contributed by atoms with Crippen LogP contribution in [0.5, 0.6) is 11.5 Å². The molecule has 0 heterocycles. The lowest BCUT2D eigenvalue weighted by Crippen LogP contribution is -2.17. The van der Waals surface area contributed by atoms with Gasteiger partial charge in [-0.05, 0) is 24.3 Å². The van der Waals surface area contributed by atoms with Crippen LogP contribution >= 0.6 is 11.6 Å². The molecule has 116 valence electrons. The number of anilines is 2. The SMILES string of the molecule is COc1cccc(C(=O)Nc2cccc(Cl)c2N(C)C)c1O. The molecule has 22 heavy (non-hydrogen) atoms. The van der Waals surface area contributed by atoms with Crippen LogP contribution in [0.2, 0.25) is 5.02 Å². The Labute approximate surface area is 134 Å². The minimum Gasteiger partial charge on any atom is -0.504 e. The van der Waals surface area contributed by atoms with E-state index >= 15 is 0 Å². The Hall–Kier alpha value is -2.40. The highest BCUT2D eigenvalue weighted by Gasteiger charge is 2.17. The first kappa shape index (κ1) is 16.0. The van der Waals surface area contributed by atoms with Crippen molar-refractivity contribution in [3.63, 3.8) is 0 Å². The number of ether oxygens (including phenoxy) is 1. The smallest absolute Gasteiger partial charge is 0.259 e. The van der Waals surface area contributed by atoms with E-state index in [9.17, 15) is 9.90 Å². The number of methoxy groups -OCH3 is 1. The zero-order valence-electron chi connectivity index (χ0n) is 12.6. The standard InChI is InChI=1S/C16H17ClN2O3/c1-19(2)14-11(17)7-5-8-12(14)18-16(21)10-6-4-9-13(22-3)15(10)20/h4-9,20H,1-3H3,(H,18,21). The second-order valence-corrected chi connectivity index (χ2v) is 5.25. The highest BCUT2D eigenvalue weighted by Crippen LogP contribution is 2.34. The van der Waals surface area contributed by atoms with Crippen LogP contribution in [-0.4, -0.2) is 32.2 Å². The molecule has 2 aromatic rings. The van der Waals surface area contributed by atoms with Gasteiger partial charge in [0.2, 0.25) is 0 Å². The van der Waals surface area contributed by atoms with Crippen molar-refractivity contribution < 1.29 is 14.6 Å². The maximum atomic E-state index is 12.4. The second-order valence-electron chi connectivity index (χ2n) is 4.84. The molecule has 1 amide bonds. The number of phenols is 1. The van der Waals surface area contributed by atoms with Gasteiger partial charge in [-0.15, -0.1) is 0 Å². The second kappa shape index (κ2) is 6.58. The fourth-order valence-corrected chi connectivity index (χ4v) is 2.47. The van der Waals surface area contributed by atoms with Crippen molar-refractivity contribution in [1.29, 1.82) is 0 Å². The van der Waals surface area contributed by atoms with Crippen LogP contribution in [0.15, 0.2) is 36.4 Å². The number of amides is 1. The lowest BCUT2D eigenvalue weighted by atomic mass is 10.1. The van der Waals surface area contributed by atoms with Gasteiger partial charge in [0.25, 0.3) is 5.91 Å². The predicted octanol–water partition coefficient (Wildman–Crippen LogP) is 3.37. The lowest BCUT2D eigenvalue weighted by molar-refractivity contribution is 0.102. The number of nitrogens with one attached hydrogen (secondary N) is 1. The van der Waals surface area contributed by atoms with Crippen LogP contribution < -0.4 is 15.0 Å². The van der Waals surface area contributed by atoms with Gasteiger partial charge >= 0.3 is 0 Å². The van der Waals surface area contributed by atoms with E-state index in [2.05, 4.69) is 5.32 Å². The third-order valence-electron chi connectivity index (χ3n) is 3.15. The Balaban J connectivity index is 2.36. The maximum Gasteiger partial charge on any atom is 0.259 e. The van der Waals surface area contributed by atoms with Crippen molar-refractivity contribution in [2.75, 3.05) is 31.4 Å². The van der Waals surface area contributed by atoms with E-state index in [0.717, 1.165) is 0 Å². The van der Waals surface area contributed by atoms with E-state index in [1.807, 2.05) is 19.0 Å². The molecule has 2 aromatic carbocycles. The highest BCUT2D eigenvalue weighted by molar-refractivity contribution is 6.34. The summed E-state index contributed by atoms with van der Waals surface area (Å²) in [7, 11) is 5.09. The van der Waals surface area contributed by atoms with Crippen LogP contribution in [0, 0.1) is 0 Å². The van der Waals surface area contributed by atoms with Gasteiger partial charge in [-0.25, -0.2) is 0 Å². The Bertz CT molecular complexity index is 702. The van der Waals surface area contributed by atoms with E-state index < -0.39 is 5.91 Å². The number of aromatic hydroxyl groups is 1. The molecule has 0 spiro atoms. The van der Waals surface area contributed by atoms with Gasteiger partial charge in [-0.1, -0.05) is 23.7 Å². The zero-order chi connectivity index (χ0) is 16.3. The first-order valence-corrected chi connectivity index (χ1v) is 6.96. The van der Waals surface area contributed by atoms with E-state index in [1.165, 1.54) is 13.2 Å².